The highest BCUT2D eigenvalue weighted by molar-refractivity contribution is 5.98. The second-order valence-electron chi connectivity index (χ2n) is 7.28. The summed E-state index contributed by atoms with van der Waals surface area (Å²) >= 11 is 0. The van der Waals surface area contributed by atoms with Crippen LogP contribution in [0.15, 0.2) is 36.4 Å². The Morgan fingerprint density at radius 2 is 1.71 bits per heavy atom. The predicted molar refractivity (Wildman–Crippen MR) is 111 cm³/mol. The zero-order valence-electron chi connectivity index (χ0n) is 17.3. The Balaban J connectivity index is 2.09. The number of aryl methyl sites for hydroxylation is 2. The Labute approximate surface area is 166 Å². The molecule has 0 aromatic heterocycles. The molecule has 2 aromatic carbocycles. The van der Waals surface area contributed by atoms with Gasteiger partial charge in [-0.15, -0.1) is 0 Å². The van der Waals surface area contributed by atoms with Gasteiger partial charge in [-0.05, 0) is 75.6 Å². The van der Waals surface area contributed by atoms with E-state index in [0.29, 0.717) is 17.1 Å². The van der Waals surface area contributed by atoms with Gasteiger partial charge in [0.2, 0.25) is 5.91 Å². The number of anilines is 2. The number of ether oxygens (including phenoxy) is 2. The summed E-state index contributed by atoms with van der Waals surface area (Å²) in [7, 11) is 1.47. The Morgan fingerprint density at radius 3 is 2.36 bits per heavy atom. The number of nitrogens with one attached hydrogen (secondary N) is 2. The number of hydrogen-bond acceptors (Lipinski definition) is 4. The number of rotatable bonds is 7. The quantitative estimate of drug-likeness (QED) is 0.757. The van der Waals surface area contributed by atoms with Gasteiger partial charge in [0.25, 0.3) is 5.91 Å². The molecule has 0 aliphatic rings. The fourth-order valence-electron chi connectivity index (χ4n) is 2.64. The van der Waals surface area contributed by atoms with Crippen LogP contribution in [0.5, 0.6) is 5.75 Å². The van der Waals surface area contributed by atoms with Gasteiger partial charge in [0.15, 0.2) is 5.60 Å². The van der Waals surface area contributed by atoms with Crippen LogP contribution in [-0.4, -0.2) is 31.1 Å². The fraction of sp³-hybridized carbons (Fsp3) is 0.364. The molecule has 0 spiro atoms. The second-order valence-corrected chi connectivity index (χ2v) is 7.28. The van der Waals surface area contributed by atoms with E-state index in [9.17, 15) is 9.59 Å². The minimum absolute atomic E-state index is 0.0121. The Morgan fingerprint density at radius 1 is 1.00 bits per heavy atom. The molecule has 0 saturated heterocycles. The normalized spacial score (nSPS) is 11.1. The lowest BCUT2D eigenvalue weighted by Gasteiger charge is -2.26. The van der Waals surface area contributed by atoms with E-state index in [4.69, 9.17) is 9.47 Å². The Bertz CT molecular complexity index is 875. The highest BCUT2D eigenvalue weighted by atomic mass is 16.5. The number of benzene rings is 2. The Kier molecular flexibility index (Phi) is 6.80. The summed E-state index contributed by atoms with van der Waals surface area (Å²) < 4.78 is 10.8. The summed E-state index contributed by atoms with van der Waals surface area (Å²) in [5, 5.41) is 5.65. The van der Waals surface area contributed by atoms with E-state index in [1.54, 1.807) is 32.0 Å². The van der Waals surface area contributed by atoms with E-state index in [-0.39, 0.29) is 18.4 Å². The van der Waals surface area contributed by atoms with Crippen molar-refractivity contribution in [3.8, 4) is 5.75 Å². The number of carbonyl (C=O) groups is 2. The van der Waals surface area contributed by atoms with Crippen LogP contribution in [0.1, 0.15) is 30.5 Å². The smallest absolute Gasteiger partial charge is 0.267 e. The summed E-state index contributed by atoms with van der Waals surface area (Å²) in [6, 6.07) is 11.1. The Hall–Kier alpha value is -2.86. The fourth-order valence-corrected chi connectivity index (χ4v) is 2.64. The molecule has 2 N–H and O–H groups in total. The molecule has 0 bridgehead atoms. The molecule has 28 heavy (non-hydrogen) atoms. The SMILES string of the molecule is COCC(=O)Nc1ccc(NC(=O)C(C)(C)Oc2cccc(C)c2C)cc1C. The van der Waals surface area contributed by atoms with Gasteiger partial charge < -0.3 is 20.1 Å². The molecule has 2 amide bonds. The zero-order valence-corrected chi connectivity index (χ0v) is 17.3. The van der Waals surface area contributed by atoms with Crippen molar-refractivity contribution in [3.05, 3.63) is 53.1 Å². The molecule has 6 nitrogen and oxygen atoms in total. The molecule has 0 aliphatic carbocycles. The average molecular weight is 384 g/mol. The third-order valence-electron chi connectivity index (χ3n) is 4.50. The number of amides is 2. The highest BCUT2D eigenvalue weighted by Gasteiger charge is 2.30. The van der Waals surface area contributed by atoms with Gasteiger partial charge in [0, 0.05) is 18.5 Å². The van der Waals surface area contributed by atoms with Gasteiger partial charge in [-0.25, -0.2) is 0 Å². The minimum Gasteiger partial charge on any atom is -0.478 e. The van der Waals surface area contributed by atoms with Crippen LogP contribution in [0.4, 0.5) is 11.4 Å². The molecule has 6 heteroatoms. The first-order valence-electron chi connectivity index (χ1n) is 9.10. The van der Waals surface area contributed by atoms with E-state index < -0.39 is 5.60 Å². The van der Waals surface area contributed by atoms with E-state index in [2.05, 4.69) is 10.6 Å². The summed E-state index contributed by atoms with van der Waals surface area (Å²) in [6.07, 6.45) is 0. The van der Waals surface area contributed by atoms with Crippen LogP contribution in [0, 0.1) is 20.8 Å². The summed E-state index contributed by atoms with van der Waals surface area (Å²) in [5.41, 5.74) is 3.19. The van der Waals surface area contributed by atoms with Crippen LogP contribution in [0.25, 0.3) is 0 Å². The van der Waals surface area contributed by atoms with Crippen molar-refractivity contribution in [2.24, 2.45) is 0 Å². The molecule has 0 aliphatic heterocycles. The van der Waals surface area contributed by atoms with Gasteiger partial charge in [-0.1, -0.05) is 12.1 Å². The van der Waals surface area contributed by atoms with Crippen molar-refractivity contribution in [2.45, 2.75) is 40.2 Å². The first-order chi connectivity index (χ1) is 13.1. The van der Waals surface area contributed by atoms with Gasteiger partial charge in [-0.3, -0.25) is 9.59 Å². The van der Waals surface area contributed by atoms with Crippen molar-refractivity contribution >= 4 is 23.2 Å². The molecule has 0 heterocycles. The van der Waals surface area contributed by atoms with Crippen LogP contribution in [0.2, 0.25) is 0 Å². The molecular weight excluding hydrogens is 356 g/mol. The maximum atomic E-state index is 12.8. The van der Waals surface area contributed by atoms with Gasteiger partial charge >= 0.3 is 0 Å². The van der Waals surface area contributed by atoms with Gasteiger partial charge in [0.05, 0.1) is 0 Å². The van der Waals surface area contributed by atoms with E-state index >= 15 is 0 Å². The maximum absolute atomic E-state index is 12.8. The van der Waals surface area contributed by atoms with E-state index in [0.717, 1.165) is 16.7 Å². The molecule has 0 unspecified atom stereocenters. The molecule has 2 aromatic rings. The zero-order chi connectivity index (χ0) is 20.9. The van der Waals surface area contributed by atoms with Crippen LogP contribution < -0.4 is 15.4 Å². The molecular formula is C22H28N2O4. The van der Waals surface area contributed by atoms with Crippen LogP contribution in [0.3, 0.4) is 0 Å². The van der Waals surface area contributed by atoms with E-state index in [1.807, 2.05) is 39.0 Å². The second kappa shape index (κ2) is 8.89. The first-order valence-corrected chi connectivity index (χ1v) is 9.10. The van der Waals surface area contributed by atoms with Crippen molar-refractivity contribution in [1.82, 2.24) is 0 Å². The van der Waals surface area contributed by atoms with Crippen LogP contribution in [-0.2, 0) is 14.3 Å². The minimum atomic E-state index is -1.06. The van der Waals surface area contributed by atoms with Gasteiger partial charge in [-0.2, -0.15) is 0 Å². The summed E-state index contributed by atoms with van der Waals surface area (Å²) in [4.78, 5) is 24.4. The third kappa shape index (κ3) is 5.33. The molecule has 150 valence electrons. The summed E-state index contributed by atoms with van der Waals surface area (Å²) in [5.74, 6) is 0.196. The average Bonchev–Trinajstić information content (AvgIpc) is 2.61. The molecule has 0 atom stereocenters. The molecule has 2 rings (SSSR count). The van der Waals surface area contributed by atoms with Gasteiger partial charge in [0.1, 0.15) is 12.4 Å². The maximum Gasteiger partial charge on any atom is 0.267 e. The predicted octanol–water partition coefficient (Wildman–Crippen LogP) is 3.99. The number of methoxy groups -OCH3 is 1. The lowest BCUT2D eigenvalue weighted by Crippen LogP contribution is -2.42. The molecule has 0 saturated carbocycles. The number of carbonyl (C=O) groups excluding carboxylic acids is 2. The lowest BCUT2D eigenvalue weighted by atomic mass is 10.1. The van der Waals surface area contributed by atoms with Crippen molar-refractivity contribution in [3.63, 3.8) is 0 Å². The topological polar surface area (TPSA) is 76.7 Å². The van der Waals surface area contributed by atoms with Crippen molar-refractivity contribution in [1.29, 1.82) is 0 Å². The summed E-state index contributed by atoms with van der Waals surface area (Å²) in [6.45, 7) is 9.29. The standard InChI is InChI=1S/C22H28N2O4/c1-14-8-7-9-19(16(14)3)28-22(4,5)21(26)23-17-10-11-18(15(2)12-17)24-20(25)13-27-6/h7-12H,13H2,1-6H3,(H,23,26)(H,24,25). The van der Waals surface area contributed by atoms with Crippen molar-refractivity contribution < 1.29 is 19.1 Å². The largest absolute Gasteiger partial charge is 0.478 e. The first kappa shape index (κ1) is 21.4. The molecule has 0 radical (unpaired) electrons. The number of hydrogen-bond donors (Lipinski definition) is 2. The lowest BCUT2D eigenvalue weighted by molar-refractivity contribution is -0.128. The van der Waals surface area contributed by atoms with E-state index in [1.165, 1.54) is 7.11 Å². The van der Waals surface area contributed by atoms with Crippen molar-refractivity contribution in [2.75, 3.05) is 24.4 Å². The van der Waals surface area contributed by atoms with Crippen LogP contribution >= 0.6 is 0 Å². The monoisotopic (exact) mass is 384 g/mol. The highest BCUT2D eigenvalue weighted by Crippen LogP contribution is 2.26. The third-order valence-corrected chi connectivity index (χ3v) is 4.50. The molecule has 0 fully saturated rings.